The first kappa shape index (κ1) is 11.3. The van der Waals surface area contributed by atoms with E-state index in [4.69, 9.17) is 9.47 Å². The topological polar surface area (TPSA) is 80.4 Å². The van der Waals surface area contributed by atoms with Gasteiger partial charge in [0.1, 0.15) is 5.69 Å². The molecule has 2 N–H and O–H groups in total. The van der Waals surface area contributed by atoms with E-state index in [1.165, 1.54) is 12.3 Å². The van der Waals surface area contributed by atoms with E-state index >= 15 is 0 Å². The number of carbonyl (C=O) groups is 2. The molecule has 0 radical (unpaired) electrons. The first-order valence-corrected chi connectivity index (χ1v) is 5.61. The molecule has 96 valence electrons. The number of benzene rings is 1. The number of nitrogens with one attached hydrogen (secondary N) is 2. The third-order valence-corrected chi connectivity index (χ3v) is 2.72. The number of aromatic amines is 1. The molecule has 0 bridgehead atoms. The number of H-pyrrole nitrogens is 1. The molecular formula is C13H10N2O4. The molecule has 1 aromatic carbocycles. The highest BCUT2D eigenvalue weighted by atomic mass is 16.7. The average molecular weight is 258 g/mol. The van der Waals surface area contributed by atoms with E-state index in [0.717, 1.165) is 0 Å². The third kappa shape index (κ3) is 2.15. The molecule has 0 atom stereocenters. The average Bonchev–Trinajstić information content (AvgIpc) is 3.06. The second-order valence-electron chi connectivity index (χ2n) is 3.99. The predicted molar refractivity (Wildman–Crippen MR) is 66.7 cm³/mol. The van der Waals surface area contributed by atoms with Crippen molar-refractivity contribution in [1.29, 1.82) is 0 Å². The largest absolute Gasteiger partial charge is 0.454 e. The molecule has 3 rings (SSSR count). The molecule has 6 heteroatoms. The Labute approximate surface area is 108 Å². The van der Waals surface area contributed by atoms with Crippen LogP contribution in [0.15, 0.2) is 30.5 Å². The lowest BCUT2D eigenvalue weighted by molar-refractivity contribution is 0.102. The summed E-state index contributed by atoms with van der Waals surface area (Å²) in [5.74, 6) is 0.922. The molecule has 1 aliphatic rings. The van der Waals surface area contributed by atoms with Crippen LogP contribution in [0.3, 0.4) is 0 Å². The summed E-state index contributed by atoms with van der Waals surface area (Å²) in [6.07, 6.45) is 2.15. The summed E-state index contributed by atoms with van der Waals surface area (Å²) in [4.78, 5) is 25.2. The summed E-state index contributed by atoms with van der Waals surface area (Å²) in [6, 6.07) is 6.61. The molecule has 1 aromatic heterocycles. The lowest BCUT2D eigenvalue weighted by Crippen LogP contribution is -2.12. The Kier molecular flexibility index (Phi) is 2.68. The standard InChI is InChI=1S/C13H10N2O4/c16-6-8-3-10(14-5-8)13(17)15-9-1-2-11-12(4-9)19-7-18-11/h1-6,14H,7H2,(H,15,17). The maximum absolute atomic E-state index is 11.9. The lowest BCUT2D eigenvalue weighted by atomic mass is 10.2. The van der Waals surface area contributed by atoms with Gasteiger partial charge in [-0.2, -0.15) is 0 Å². The zero-order valence-electron chi connectivity index (χ0n) is 9.80. The number of anilines is 1. The van der Waals surface area contributed by atoms with Gasteiger partial charge in [-0.05, 0) is 18.2 Å². The van der Waals surface area contributed by atoms with Gasteiger partial charge in [0, 0.05) is 23.5 Å². The fourth-order valence-electron chi connectivity index (χ4n) is 1.78. The van der Waals surface area contributed by atoms with Crippen LogP contribution in [-0.4, -0.2) is 24.0 Å². The van der Waals surface area contributed by atoms with E-state index in [1.54, 1.807) is 18.2 Å². The first-order valence-electron chi connectivity index (χ1n) is 5.61. The van der Waals surface area contributed by atoms with Crippen molar-refractivity contribution in [2.75, 3.05) is 12.1 Å². The number of hydrogen-bond donors (Lipinski definition) is 2. The van der Waals surface area contributed by atoms with Gasteiger partial charge >= 0.3 is 0 Å². The number of aldehydes is 1. The summed E-state index contributed by atoms with van der Waals surface area (Å²) in [6.45, 7) is 0.187. The number of ether oxygens (including phenoxy) is 2. The normalized spacial score (nSPS) is 12.2. The van der Waals surface area contributed by atoms with Gasteiger partial charge in [0.25, 0.3) is 5.91 Å². The van der Waals surface area contributed by atoms with Crippen LogP contribution in [0, 0.1) is 0 Å². The molecule has 0 saturated carbocycles. The Hall–Kier alpha value is -2.76. The molecular weight excluding hydrogens is 248 g/mol. The van der Waals surface area contributed by atoms with Crippen molar-refractivity contribution in [3.8, 4) is 11.5 Å². The lowest BCUT2D eigenvalue weighted by Gasteiger charge is -2.04. The van der Waals surface area contributed by atoms with Crippen molar-refractivity contribution in [2.24, 2.45) is 0 Å². The quantitative estimate of drug-likeness (QED) is 0.823. The summed E-state index contributed by atoms with van der Waals surface area (Å²) in [5.41, 5.74) is 1.34. The summed E-state index contributed by atoms with van der Waals surface area (Å²) in [5, 5.41) is 2.70. The van der Waals surface area contributed by atoms with Gasteiger partial charge in [0.2, 0.25) is 6.79 Å². The molecule has 1 amide bonds. The molecule has 0 unspecified atom stereocenters. The molecule has 2 aromatic rings. The van der Waals surface area contributed by atoms with Crippen molar-refractivity contribution in [1.82, 2.24) is 4.98 Å². The number of amides is 1. The van der Waals surface area contributed by atoms with Gasteiger partial charge in [0.15, 0.2) is 17.8 Å². The molecule has 0 saturated heterocycles. The van der Waals surface area contributed by atoms with Crippen molar-refractivity contribution in [3.63, 3.8) is 0 Å². The van der Waals surface area contributed by atoms with Crippen molar-refractivity contribution < 1.29 is 19.1 Å². The summed E-state index contributed by atoms with van der Waals surface area (Å²) >= 11 is 0. The Balaban J connectivity index is 1.77. The zero-order valence-corrected chi connectivity index (χ0v) is 9.80. The van der Waals surface area contributed by atoms with E-state index < -0.39 is 0 Å². The number of rotatable bonds is 3. The van der Waals surface area contributed by atoms with Crippen LogP contribution in [-0.2, 0) is 0 Å². The van der Waals surface area contributed by atoms with Gasteiger partial charge in [-0.25, -0.2) is 0 Å². The van der Waals surface area contributed by atoms with Gasteiger partial charge in [-0.15, -0.1) is 0 Å². The predicted octanol–water partition coefficient (Wildman–Crippen LogP) is 1.81. The van der Waals surface area contributed by atoms with Gasteiger partial charge in [-0.3, -0.25) is 9.59 Å². The van der Waals surface area contributed by atoms with Crippen LogP contribution < -0.4 is 14.8 Å². The summed E-state index contributed by atoms with van der Waals surface area (Å²) < 4.78 is 10.4. The van der Waals surface area contributed by atoms with Crippen molar-refractivity contribution in [2.45, 2.75) is 0 Å². The van der Waals surface area contributed by atoms with Crippen LogP contribution >= 0.6 is 0 Å². The van der Waals surface area contributed by atoms with Crippen LogP contribution in [0.4, 0.5) is 5.69 Å². The van der Waals surface area contributed by atoms with Gasteiger partial charge in [0.05, 0.1) is 0 Å². The molecule has 6 nitrogen and oxygen atoms in total. The monoisotopic (exact) mass is 258 g/mol. The number of hydrogen-bond acceptors (Lipinski definition) is 4. The highest BCUT2D eigenvalue weighted by Gasteiger charge is 2.15. The Morgan fingerprint density at radius 2 is 2.11 bits per heavy atom. The molecule has 1 aliphatic heterocycles. The maximum Gasteiger partial charge on any atom is 0.272 e. The minimum absolute atomic E-state index is 0.187. The second kappa shape index (κ2) is 4.49. The Morgan fingerprint density at radius 3 is 2.89 bits per heavy atom. The number of carbonyl (C=O) groups excluding carboxylic acids is 2. The number of aromatic nitrogens is 1. The number of fused-ring (bicyclic) bond motifs is 1. The molecule has 0 fully saturated rings. The van der Waals surface area contributed by atoms with Gasteiger partial charge < -0.3 is 19.8 Å². The highest BCUT2D eigenvalue weighted by Crippen LogP contribution is 2.34. The minimum Gasteiger partial charge on any atom is -0.454 e. The van der Waals surface area contributed by atoms with Gasteiger partial charge in [-0.1, -0.05) is 0 Å². The van der Waals surface area contributed by atoms with E-state index in [2.05, 4.69) is 10.3 Å². The summed E-state index contributed by atoms with van der Waals surface area (Å²) in [7, 11) is 0. The fraction of sp³-hybridized carbons (Fsp3) is 0.0769. The third-order valence-electron chi connectivity index (χ3n) is 2.72. The maximum atomic E-state index is 11.9. The second-order valence-corrected chi connectivity index (χ2v) is 3.99. The van der Waals surface area contributed by atoms with Crippen molar-refractivity contribution in [3.05, 3.63) is 41.7 Å². The molecule has 2 heterocycles. The first-order chi connectivity index (χ1) is 9.26. The van der Waals surface area contributed by atoms with Crippen LogP contribution in [0.1, 0.15) is 20.8 Å². The van der Waals surface area contributed by atoms with Crippen LogP contribution in [0.25, 0.3) is 0 Å². The smallest absolute Gasteiger partial charge is 0.272 e. The Morgan fingerprint density at radius 1 is 1.26 bits per heavy atom. The van der Waals surface area contributed by atoms with E-state index in [0.29, 0.717) is 34.7 Å². The van der Waals surface area contributed by atoms with Crippen LogP contribution in [0.2, 0.25) is 0 Å². The zero-order chi connectivity index (χ0) is 13.2. The molecule has 0 aliphatic carbocycles. The van der Waals surface area contributed by atoms with Crippen molar-refractivity contribution >= 4 is 17.9 Å². The molecule has 19 heavy (non-hydrogen) atoms. The minimum atomic E-state index is -0.327. The van der Waals surface area contributed by atoms with Crippen LogP contribution in [0.5, 0.6) is 11.5 Å². The van der Waals surface area contributed by atoms with E-state index in [1.807, 2.05) is 0 Å². The highest BCUT2D eigenvalue weighted by molar-refractivity contribution is 6.04. The molecule has 0 spiro atoms. The SMILES string of the molecule is O=Cc1c[nH]c(C(=O)Nc2ccc3c(c2)OCO3)c1. The fourth-order valence-corrected chi connectivity index (χ4v) is 1.78. The Bertz CT molecular complexity index is 648. The van der Waals surface area contributed by atoms with E-state index in [9.17, 15) is 9.59 Å². The van der Waals surface area contributed by atoms with E-state index in [-0.39, 0.29) is 12.7 Å².